The molecule has 0 amide bonds. The van der Waals surface area contributed by atoms with Crippen LogP contribution in [0.15, 0.2) is 0 Å². The molecule has 1 aromatic heterocycles. The van der Waals surface area contributed by atoms with Gasteiger partial charge in [0.1, 0.15) is 5.82 Å². The second-order valence-electron chi connectivity index (χ2n) is 5.21. The fourth-order valence-electron chi connectivity index (χ4n) is 3.04. The summed E-state index contributed by atoms with van der Waals surface area (Å²) in [6, 6.07) is 1.43. The highest BCUT2D eigenvalue weighted by molar-refractivity contribution is 7.09. The average Bonchev–Trinajstić information content (AvgIpc) is 3.00. The number of likely N-dealkylation sites (tertiary alicyclic amines) is 1. The first-order valence-corrected chi connectivity index (χ1v) is 7.39. The summed E-state index contributed by atoms with van der Waals surface area (Å²) in [6.07, 6.45) is 6.91. The van der Waals surface area contributed by atoms with Crippen molar-refractivity contribution in [1.29, 1.82) is 0 Å². The number of hydrogen-bond donors (Lipinski definition) is 1. The quantitative estimate of drug-likeness (QED) is 0.896. The molecule has 4 nitrogen and oxygen atoms in total. The number of nitrogens with zero attached hydrogens (tertiary/aromatic N) is 3. The summed E-state index contributed by atoms with van der Waals surface area (Å²) in [6.45, 7) is 4.38. The Morgan fingerprint density at radius 1 is 1.29 bits per heavy atom. The van der Waals surface area contributed by atoms with Gasteiger partial charge in [0.25, 0.3) is 0 Å². The summed E-state index contributed by atoms with van der Waals surface area (Å²) in [5.41, 5.74) is 0. The van der Waals surface area contributed by atoms with Crippen LogP contribution in [0.1, 0.15) is 37.9 Å². The van der Waals surface area contributed by atoms with Gasteiger partial charge in [-0.05, 0) is 26.2 Å². The minimum Gasteiger partial charge on any atom is -0.356 e. The maximum atomic E-state index is 4.37. The van der Waals surface area contributed by atoms with E-state index in [1.165, 1.54) is 56.7 Å². The summed E-state index contributed by atoms with van der Waals surface area (Å²) < 4.78 is 4.21. The van der Waals surface area contributed by atoms with Crippen LogP contribution in [0.25, 0.3) is 0 Å². The first-order valence-electron chi connectivity index (χ1n) is 6.62. The molecule has 1 N–H and O–H groups in total. The fraction of sp³-hybridized carbons (Fsp3) is 0.833. The fourth-order valence-corrected chi connectivity index (χ4v) is 3.69. The Kier molecular flexibility index (Phi) is 3.29. The second-order valence-corrected chi connectivity index (χ2v) is 5.96. The molecule has 17 heavy (non-hydrogen) atoms. The van der Waals surface area contributed by atoms with Crippen molar-refractivity contribution in [3.63, 3.8) is 0 Å². The van der Waals surface area contributed by atoms with Crippen molar-refractivity contribution in [2.24, 2.45) is 0 Å². The molecule has 0 aromatic carbocycles. The Bertz CT molecular complexity index is 372. The van der Waals surface area contributed by atoms with Gasteiger partial charge in [0.2, 0.25) is 5.13 Å². The molecule has 0 radical (unpaired) electrons. The molecule has 1 aliphatic heterocycles. The minimum atomic E-state index is 0.572. The second kappa shape index (κ2) is 4.90. The molecule has 2 fully saturated rings. The molecule has 0 spiro atoms. The van der Waals surface area contributed by atoms with Crippen molar-refractivity contribution in [1.82, 2.24) is 14.3 Å². The zero-order valence-electron chi connectivity index (χ0n) is 10.4. The molecule has 1 aliphatic carbocycles. The van der Waals surface area contributed by atoms with E-state index >= 15 is 0 Å². The molecular weight excluding hydrogens is 232 g/mol. The maximum Gasteiger partial charge on any atom is 0.202 e. The summed E-state index contributed by atoms with van der Waals surface area (Å²) in [5.74, 6) is 0.878. The Morgan fingerprint density at radius 3 is 2.82 bits per heavy atom. The summed E-state index contributed by atoms with van der Waals surface area (Å²) in [5, 5.41) is 4.51. The van der Waals surface area contributed by atoms with Gasteiger partial charge in [0, 0.05) is 36.7 Å². The molecule has 2 aliphatic rings. The van der Waals surface area contributed by atoms with Crippen molar-refractivity contribution in [2.45, 2.75) is 51.1 Å². The number of hydrogen-bond acceptors (Lipinski definition) is 5. The lowest BCUT2D eigenvalue weighted by molar-refractivity contribution is 0.245. The van der Waals surface area contributed by atoms with Gasteiger partial charge >= 0.3 is 0 Å². The summed E-state index contributed by atoms with van der Waals surface area (Å²) in [4.78, 5) is 7.04. The van der Waals surface area contributed by atoms with E-state index < -0.39 is 0 Å². The third kappa shape index (κ3) is 2.60. The molecule has 5 heteroatoms. The largest absolute Gasteiger partial charge is 0.356 e. The van der Waals surface area contributed by atoms with Gasteiger partial charge in [0.05, 0.1) is 0 Å². The molecule has 1 unspecified atom stereocenters. The van der Waals surface area contributed by atoms with Gasteiger partial charge < -0.3 is 5.32 Å². The van der Waals surface area contributed by atoms with Gasteiger partial charge in [-0.15, -0.1) is 0 Å². The zero-order valence-corrected chi connectivity index (χ0v) is 11.2. The molecule has 1 saturated carbocycles. The molecular formula is C12H20N4S. The highest BCUT2D eigenvalue weighted by Crippen LogP contribution is 2.27. The molecule has 94 valence electrons. The van der Waals surface area contributed by atoms with Gasteiger partial charge in [-0.3, -0.25) is 4.90 Å². The van der Waals surface area contributed by atoms with Gasteiger partial charge in [-0.2, -0.15) is 4.37 Å². The van der Waals surface area contributed by atoms with Crippen molar-refractivity contribution in [2.75, 3.05) is 18.4 Å². The van der Waals surface area contributed by atoms with Crippen LogP contribution in [0, 0.1) is 6.92 Å². The average molecular weight is 252 g/mol. The van der Waals surface area contributed by atoms with Crippen LogP contribution in [-0.4, -0.2) is 39.4 Å². The predicted octanol–water partition coefficient (Wildman–Crippen LogP) is 2.28. The number of rotatable bonds is 3. The van der Waals surface area contributed by atoms with E-state index in [1.807, 2.05) is 6.92 Å². The van der Waals surface area contributed by atoms with Crippen LogP contribution < -0.4 is 5.32 Å². The molecule has 1 atom stereocenters. The molecule has 1 aromatic rings. The van der Waals surface area contributed by atoms with Crippen LogP contribution in [0.5, 0.6) is 0 Å². The smallest absolute Gasteiger partial charge is 0.202 e. The van der Waals surface area contributed by atoms with Crippen LogP contribution in [0.2, 0.25) is 0 Å². The highest BCUT2D eigenvalue weighted by atomic mass is 32.1. The van der Waals surface area contributed by atoms with Crippen molar-refractivity contribution in [3.8, 4) is 0 Å². The highest BCUT2D eigenvalue weighted by Gasteiger charge is 2.30. The molecule has 2 heterocycles. The number of aromatic nitrogens is 2. The van der Waals surface area contributed by atoms with Crippen LogP contribution in [0.4, 0.5) is 5.13 Å². The van der Waals surface area contributed by atoms with E-state index in [2.05, 4.69) is 19.6 Å². The molecule has 3 rings (SSSR count). The van der Waals surface area contributed by atoms with Gasteiger partial charge in [-0.1, -0.05) is 12.8 Å². The lowest BCUT2D eigenvalue weighted by atomic mass is 10.2. The predicted molar refractivity (Wildman–Crippen MR) is 70.5 cm³/mol. The first kappa shape index (κ1) is 11.4. The lowest BCUT2D eigenvalue weighted by Gasteiger charge is -2.23. The maximum absolute atomic E-state index is 4.37. The number of nitrogens with one attached hydrogen (secondary N) is 1. The number of aryl methyl sites for hydroxylation is 1. The van der Waals surface area contributed by atoms with Crippen molar-refractivity contribution < 1.29 is 0 Å². The van der Waals surface area contributed by atoms with Gasteiger partial charge in [-0.25, -0.2) is 4.98 Å². The number of anilines is 1. The van der Waals surface area contributed by atoms with E-state index in [4.69, 9.17) is 0 Å². The Morgan fingerprint density at radius 2 is 2.12 bits per heavy atom. The normalized spacial score (nSPS) is 26.8. The van der Waals surface area contributed by atoms with E-state index in [9.17, 15) is 0 Å². The monoisotopic (exact) mass is 252 g/mol. The van der Waals surface area contributed by atoms with Crippen LogP contribution in [0.3, 0.4) is 0 Å². The van der Waals surface area contributed by atoms with Crippen molar-refractivity contribution >= 4 is 16.7 Å². The van der Waals surface area contributed by atoms with Crippen LogP contribution in [-0.2, 0) is 0 Å². The Hall–Kier alpha value is -0.680. The topological polar surface area (TPSA) is 41.1 Å². The molecule has 0 bridgehead atoms. The van der Waals surface area contributed by atoms with Crippen molar-refractivity contribution in [3.05, 3.63) is 5.82 Å². The SMILES string of the molecule is Cc1nsc(NC2CCN(C3CCCC3)C2)n1. The summed E-state index contributed by atoms with van der Waals surface area (Å²) >= 11 is 1.48. The molecule has 1 saturated heterocycles. The minimum absolute atomic E-state index is 0.572. The Balaban J connectivity index is 1.53. The zero-order chi connectivity index (χ0) is 11.7. The van der Waals surface area contributed by atoms with E-state index in [0.717, 1.165) is 17.0 Å². The van der Waals surface area contributed by atoms with Crippen LogP contribution >= 0.6 is 11.5 Å². The van der Waals surface area contributed by atoms with E-state index in [-0.39, 0.29) is 0 Å². The van der Waals surface area contributed by atoms with E-state index in [0.29, 0.717) is 6.04 Å². The standard InChI is InChI=1S/C12H20N4S/c1-9-13-12(17-15-9)14-10-6-7-16(8-10)11-4-2-3-5-11/h10-11H,2-8H2,1H3,(H,13,14,15). The lowest BCUT2D eigenvalue weighted by Crippen LogP contribution is -2.33. The van der Waals surface area contributed by atoms with E-state index in [1.54, 1.807) is 0 Å². The third-order valence-electron chi connectivity index (χ3n) is 3.92. The Labute approximate surface area is 107 Å². The third-order valence-corrected chi connectivity index (χ3v) is 4.65. The first-order chi connectivity index (χ1) is 8.31. The summed E-state index contributed by atoms with van der Waals surface area (Å²) in [7, 11) is 0. The van der Waals surface area contributed by atoms with Gasteiger partial charge in [0.15, 0.2) is 0 Å².